The van der Waals surface area contributed by atoms with Crippen LogP contribution >= 0.6 is 0 Å². The second kappa shape index (κ2) is 7.44. The summed E-state index contributed by atoms with van der Waals surface area (Å²) in [5.74, 6) is -0.138. The number of nitrogens with zero attached hydrogens (tertiary/aromatic N) is 6. The van der Waals surface area contributed by atoms with Crippen LogP contribution in [0.4, 0.5) is 8.78 Å². The molecule has 0 spiro atoms. The predicted octanol–water partition coefficient (Wildman–Crippen LogP) is 3.06. The van der Waals surface area contributed by atoms with Crippen molar-refractivity contribution in [3.05, 3.63) is 88.9 Å². The maximum absolute atomic E-state index is 13.4. The van der Waals surface area contributed by atoms with Gasteiger partial charge in [-0.15, -0.1) is 5.10 Å². The van der Waals surface area contributed by atoms with E-state index < -0.39 is 17.3 Å². The first-order valence-electron chi connectivity index (χ1n) is 9.03. The van der Waals surface area contributed by atoms with Gasteiger partial charge in [0.2, 0.25) is 17.4 Å². The molecule has 3 aromatic heterocycles. The van der Waals surface area contributed by atoms with E-state index in [0.717, 1.165) is 4.68 Å². The zero-order chi connectivity index (χ0) is 21.4. The first-order valence-corrected chi connectivity index (χ1v) is 9.03. The van der Waals surface area contributed by atoms with Gasteiger partial charge in [0.05, 0.1) is 0 Å². The van der Waals surface area contributed by atoms with Crippen LogP contribution < -0.4 is 10.4 Å². The van der Waals surface area contributed by atoms with Crippen molar-refractivity contribution in [1.82, 2.24) is 29.3 Å². The van der Waals surface area contributed by atoms with Crippen molar-refractivity contribution in [3.63, 3.8) is 0 Å². The Balaban J connectivity index is 1.45. The molecule has 0 aliphatic heterocycles. The smallest absolute Gasteiger partial charge is 0.351 e. The van der Waals surface area contributed by atoms with Gasteiger partial charge >= 0.3 is 5.69 Å². The Hall–Kier alpha value is -4.41. The summed E-state index contributed by atoms with van der Waals surface area (Å²) in [5, 5.41) is 8.05. The van der Waals surface area contributed by atoms with Crippen molar-refractivity contribution < 1.29 is 18.0 Å². The summed E-state index contributed by atoms with van der Waals surface area (Å²) in [5.41, 5.74) is 0.116. The quantitative estimate of drug-likeness (QED) is 0.429. The van der Waals surface area contributed by atoms with Crippen molar-refractivity contribution in [2.45, 2.75) is 6.54 Å². The first kappa shape index (κ1) is 18.6. The topological polar surface area (TPSA) is 100 Å². The van der Waals surface area contributed by atoms with Gasteiger partial charge in [-0.2, -0.15) is 4.98 Å². The Kier molecular flexibility index (Phi) is 4.47. The Morgan fingerprint density at radius 2 is 1.90 bits per heavy atom. The standard InChI is InChI=1S/C20H12F2N6O3/c21-13-4-6-15(7-5-13)30-19-18-25-28(20(29)27(18)9-8-23-19)11-16-24-17(26-31-16)12-2-1-3-14(22)10-12/h1-10H,11H2. The van der Waals surface area contributed by atoms with Gasteiger partial charge in [-0.05, 0) is 36.4 Å². The summed E-state index contributed by atoms with van der Waals surface area (Å²) >= 11 is 0. The summed E-state index contributed by atoms with van der Waals surface area (Å²) < 4.78 is 39.7. The van der Waals surface area contributed by atoms with E-state index >= 15 is 0 Å². The molecular formula is C20H12F2N6O3. The molecule has 0 amide bonds. The zero-order valence-corrected chi connectivity index (χ0v) is 15.6. The number of rotatable bonds is 5. The molecule has 0 unspecified atom stereocenters. The fraction of sp³-hybridized carbons (Fsp3) is 0.0500. The molecule has 31 heavy (non-hydrogen) atoms. The average Bonchev–Trinajstić information content (AvgIpc) is 3.36. The van der Waals surface area contributed by atoms with Crippen LogP contribution in [-0.2, 0) is 6.54 Å². The third kappa shape index (κ3) is 3.64. The zero-order valence-electron chi connectivity index (χ0n) is 15.6. The number of benzene rings is 2. The number of fused-ring (bicyclic) bond motifs is 1. The van der Waals surface area contributed by atoms with Crippen LogP contribution in [0.2, 0.25) is 0 Å². The molecule has 0 atom stereocenters. The third-order valence-electron chi connectivity index (χ3n) is 4.33. The summed E-state index contributed by atoms with van der Waals surface area (Å²) in [4.78, 5) is 21.0. The van der Waals surface area contributed by atoms with E-state index in [-0.39, 0.29) is 29.8 Å². The number of halogens is 2. The monoisotopic (exact) mass is 422 g/mol. The second-order valence-corrected chi connectivity index (χ2v) is 6.44. The van der Waals surface area contributed by atoms with Gasteiger partial charge in [-0.3, -0.25) is 0 Å². The second-order valence-electron chi connectivity index (χ2n) is 6.44. The maximum atomic E-state index is 13.4. The summed E-state index contributed by atoms with van der Waals surface area (Å²) in [6.07, 6.45) is 2.82. The predicted molar refractivity (Wildman–Crippen MR) is 103 cm³/mol. The van der Waals surface area contributed by atoms with E-state index in [9.17, 15) is 13.6 Å². The van der Waals surface area contributed by atoms with Gasteiger partial charge in [-0.1, -0.05) is 17.3 Å². The number of ether oxygens (including phenoxy) is 1. The van der Waals surface area contributed by atoms with Crippen LogP contribution in [0.1, 0.15) is 5.89 Å². The molecule has 0 bridgehead atoms. The lowest BCUT2D eigenvalue weighted by Gasteiger charge is -2.04. The van der Waals surface area contributed by atoms with E-state index in [1.165, 1.54) is 59.3 Å². The van der Waals surface area contributed by atoms with Gasteiger partial charge in [0.15, 0.2) is 0 Å². The highest BCUT2D eigenvalue weighted by Crippen LogP contribution is 2.22. The van der Waals surface area contributed by atoms with Crippen molar-refractivity contribution in [1.29, 1.82) is 0 Å². The lowest BCUT2D eigenvalue weighted by molar-refractivity contribution is 0.364. The highest BCUT2D eigenvalue weighted by molar-refractivity contribution is 5.54. The Morgan fingerprint density at radius 1 is 1.06 bits per heavy atom. The lowest BCUT2D eigenvalue weighted by Crippen LogP contribution is -2.21. The molecule has 0 saturated carbocycles. The van der Waals surface area contributed by atoms with E-state index in [2.05, 4.69) is 20.2 Å². The molecule has 11 heteroatoms. The molecule has 9 nitrogen and oxygen atoms in total. The molecule has 0 aliphatic carbocycles. The van der Waals surface area contributed by atoms with Gasteiger partial charge in [-0.25, -0.2) is 27.6 Å². The van der Waals surface area contributed by atoms with Crippen molar-refractivity contribution in [2.24, 2.45) is 0 Å². The van der Waals surface area contributed by atoms with Gasteiger partial charge in [0.1, 0.15) is 23.9 Å². The van der Waals surface area contributed by atoms with Crippen LogP contribution in [0.25, 0.3) is 17.0 Å². The minimum absolute atomic E-state index is 0.0657. The van der Waals surface area contributed by atoms with Crippen molar-refractivity contribution in [2.75, 3.05) is 0 Å². The van der Waals surface area contributed by atoms with E-state index in [1.807, 2.05) is 0 Å². The van der Waals surface area contributed by atoms with Crippen molar-refractivity contribution in [3.8, 4) is 23.0 Å². The lowest BCUT2D eigenvalue weighted by atomic mass is 10.2. The summed E-state index contributed by atoms with van der Waals surface area (Å²) in [6.45, 7) is -0.112. The van der Waals surface area contributed by atoms with Crippen LogP contribution in [-0.4, -0.2) is 29.3 Å². The maximum Gasteiger partial charge on any atom is 0.351 e. The van der Waals surface area contributed by atoms with Gasteiger partial charge in [0, 0.05) is 18.0 Å². The Bertz CT molecular complexity index is 1440. The SMILES string of the molecule is O=c1n(Cc2nc(-c3cccc(F)c3)no2)nc2c(Oc3ccc(F)cc3)nccn12. The largest absolute Gasteiger partial charge is 0.436 e. The molecule has 0 aliphatic rings. The molecule has 5 aromatic rings. The van der Waals surface area contributed by atoms with Crippen LogP contribution in [0.15, 0.2) is 70.2 Å². The van der Waals surface area contributed by atoms with E-state index in [1.54, 1.807) is 6.07 Å². The van der Waals surface area contributed by atoms with Crippen LogP contribution in [0.5, 0.6) is 11.6 Å². The molecule has 0 saturated heterocycles. The van der Waals surface area contributed by atoms with Crippen LogP contribution in [0.3, 0.4) is 0 Å². The molecule has 2 aromatic carbocycles. The Labute approximate surface area is 172 Å². The normalized spacial score (nSPS) is 11.2. The van der Waals surface area contributed by atoms with E-state index in [4.69, 9.17) is 9.26 Å². The number of hydrogen-bond donors (Lipinski definition) is 0. The number of aromatic nitrogens is 6. The van der Waals surface area contributed by atoms with Crippen LogP contribution in [0, 0.1) is 11.6 Å². The highest BCUT2D eigenvalue weighted by Gasteiger charge is 2.17. The molecule has 5 rings (SSSR count). The molecule has 0 fully saturated rings. The van der Waals surface area contributed by atoms with Gasteiger partial charge in [0.25, 0.3) is 5.88 Å². The Morgan fingerprint density at radius 3 is 2.71 bits per heavy atom. The minimum Gasteiger partial charge on any atom is -0.436 e. The molecule has 0 radical (unpaired) electrons. The number of hydrogen-bond acceptors (Lipinski definition) is 7. The summed E-state index contributed by atoms with van der Waals surface area (Å²) in [6, 6.07) is 11.1. The van der Waals surface area contributed by atoms with E-state index in [0.29, 0.717) is 11.3 Å². The molecule has 3 heterocycles. The fourth-order valence-electron chi connectivity index (χ4n) is 2.91. The highest BCUT2D eigenvalue weighted by atomic mass is 19.1. The van der Waals surface area contributed by atoms with Crippen molar-refractivity contribution >= 4 is 5.65 Å². The molecular weight excluding hydrogens is 410 g/mol. The van der Waals surface area contributed by atoms with Gasteiger partial charge < -0.3 is 9.26 Å². The molecule has 154 valence electrons. The fourth-order valence-corrected chi connectivity index (χ4v) is 2.91. The first-order chi connectivity index (χ1) is 15.1. The average molecular weight is 422 g/mol. The summed E-state index contributed by atoms with van der Waals surface area (Å²) in [7, 11) is 0. The molecule has 0 N–H and O–H groups in total. The third-order valence-corrected chi connectivity index (χ3v) is 4.33. The minimum atomic E-state index is -0.480.